The highest BCUT2D eigenvalue weighted by Crippen LogP contribution is 2.10. The lowest BCUT2D eigenvalue weighted by Crippen LogP contribution is -2.23. The second-order valence-electron chi connectivity index (χ2n) is 4.77. The number of aliphatic hydroxyl groups excluding tert-OH is 2. The van der Waals surface area contributed by atoms with Crippen molar-refractivity contribution in [1.82, 2.24) is 24.4 Å². The minimum Gasteiger partial charge on any atom is -0.394 e. The molecule has 2 rings (SSSR count). The van der Waals surface area contributed by atoms with E-state index in [0.717, 1.165) is 0 Å². The van der Waals surface area contributed by atoms with Crippen molar-refractivity contribution in [2.24, 2.45) is 4.99 Å². The van der Waals surface area contributed by atoms with Crippen LogP contribution in [0.2, 0.25) is 0 Å². The number of aromatic nitrogens is 4. The number of nitrogens with zero attached hydrogens (tertiary/aromatic N) is 5. The van der Waals surface area contributed by atoms with E-state index in [4.69, 9.17) is 14.9 Å². The zero-order valence-corrected chi connectivity index (χ0v) is 12.3. The van der Waals surface area contributed by atoms with Gasteiger partial charge in [-0.05, 0) is 0 Å². The molecule has 120 valence electrons. The van der Waals surface area contributed by atoms with Gasteiger partial charge in [0, 0.05) is 14.1 Å². The van der Waals surface area contributed by atoms with E-state index in [1.807, 2.05) is 0 Å². The first-order chi connectivity index (χ1) is 10.5. The van der Waals surface area contributed by atoms with Crippen LogP contribution in [0, 0.1) is 0 Å². The minimum absolute atomic E-state index is 0.00439. The zero-order valence-electron chi connectivity index (χ0n) is 12.3. The van der Waals surface area contributed by atoms with Crippen molar-refractivity contribution in [3.8, 4) is 0 Å². The molecular weight excluding hydrogens is 292 g/mol. The maximum absolute atomic E-state index is 11.9. The molecule has 2 aromatic rings. The van der Waals surface area contributed by atoms with Gasteiger partial charge >= 0.3 is 0 Å². The first-order valence-corrected chi connectivity index (χ1v) is 6.54. The molecule has 0 fully saturated rings. The van der Waals surface area contributed by atoms with Crippen molar-refractivity contribution < 1.29 is 14.9 Å². The quantitative estimate of drug-likeness (QED) is 0.427. The van der Waals surface area contributed by atoms with Crippen LogP contribution in [0.3, 0.4) is 0 Å². The molecule has 0 spiro atoms. The van der Waals surface area contributed by atoms with Crippen molar-refractivity contribution in [2.45, 2.75) is 12.8 Å². The van der Waals surface area contributed by atoms with Crippen LogP contribution in [0.4, 0.5) is 5.95 Å². The van der Waals surface area contributed by atoms with E-state index in [1.54, 1.807) is 19.0 Å². The van der Waals surface area contributed by atoms with E-state index in [1.165, 1.54) is 17.2 Å². The van der Waals surface area contributed by atoms with Crippen molar-refractivity contribution in [1.29, 1.82) is 0 Å². The van der Waals surface area contributed by atoms with Crippen molar-refractivity contribution >= 4 is 23.5 Å². The number of hydrogen-bond acceptors (Lipinski definition) is 7. The lowest BCUT2D eigenvalue weighted by atomic mass is 10.4. The first kappa shape index (κ1) is 16.1. The summed E-state index contributed by atoms with van der Waals surface area (Å²) in [6.07, 6.45) is 2.21. The average molecular weight is 310 g/mol. The summed E-state index contributed by atoms with van der Waals surface area (Å²) in [6.45, 7) is -0.624. The Kier molecular flexibility index (Phi) is 5.20. The Morgan fingerprint density at radius 3 is 2.86 bits per heavy atom. The van der Waals surface area contributed by atoms with E-state index in [9.17, 15) is 4.79 Å². The van der Waals surface area contributed by atoms with Crippen LogP contribution in [-0.2, 0) is 11.5 Å². The largest absolute Gasteiger partial charge is 0.394 e. The van der Waals surface area contributed by atoms with Gasteiger partial charge in [-0.15, -0.1) is 0 Å². The standard InChI is InChI=1S/C12H18N6O4/c1-17(2)5-14-12-15-10-9(11(21)16-12)13-6-18(10)7-22-8(3-19)4-20/h5-6,8,19-20H,3-4,7H2,1-2H3,(H,15,16,21)/b14-5-. The fraction of sp³-hybridized carbons (Fsp3) is 0.500. The van der Waals surface area contributed by atoms with Gasteiger partial charge in [-0.25, -0.2) is 9.98 Å². The van der Waals surface area contributed by atoms with Gasteiger partial charge < -0.3 is 19.8 Å². The molecule has 0 radical (unpaired) electrons. The van der Waals surface area contributed by atoms with Gasteiger partial charge in [0.1, 0.15) is 12.8 Å². The SMILES string of the molecule is CN(C)/C=N\c1nc2c(ncn2COC(CO)CO)c(=O)[nH]1. The summed E-state index contributed by atoms with van der Waals surface area (Å²) in [6, 6.07) is 0. The molecule has 2 aromatic heterocycles. The Hall–Kier alpha value is -2.30. The fourth-order valence-corrected chi connectivity index (χ4v) is 1.62. The molecule has 0 aromatic carbocycles. The molecule has 0 aliphatic carbocycles. The number of hydrogen-bond donors (Lipinski definition) is 3. The normalized spacial score (nSPS) is 11.9. The van der Waals surface area contributed by atoms with E-state index >= 15 is 0 Å². The Morgan fingerprint density at radius 1 is 1.50 bits per heavy atom. The van der Waals surface area contributed by atoms with Crippen LogP contribution in [0.15, 0.2) is 16.1 Å². The highest BCUT2D eigenvalue weighted by atomic mass is 16.5. The fourth-order valence-electron chi connectivity index (χ4n) is 1.62. The summed E-state index contributed by atoms with van der Waals surface area (Å²) in [5.41, 5.74) is 0.0664. The number of imidazole rings is 1. The molecule has 0 bridgehead atoms. The topological polar surface area (TPSA) is 129 Å². The second-order valence-corrected chi connectivity index (χ2v) is 4.77. The number of fused-ring (bicyclic) bond motifs is 1. The van der Waals surface area contributed by atoms with Crippen LogP contribution in [0.1, 0.15) is 0 Å². The van der Waals surface area contributed by atoms with Crippen molar-refractivity contribution in [3.63, 3.8) is 0 Å². The smallest absolute Gasteiger partial charge is 0.280 e. The van der Waals surface area contributed by atoms with E-state index in [0.29, 0.717) is 5.65 Å². The number of nitrogens with one attached hydrogen (secondary N) is 1. The maximum atomic E-state index is 11.9. The molecule has 10 heteroatoms. The summed E-state index contributed by atoms with van der Waals surface area (Å²) in [5.74, 6) is 0.147. The van der Waals surface area contributed by atoms with E-state index in [-0.39, 0.29) is 31.4 Å². The molecule has 0 amide bonds. The molecule has 0 aliphatic rings. The highest BCUT2D eigenvalue weighted by Gasteiger charge is 2.12. The number of aliphatic hydroxyl groups is 2. The van der Waals surface area contributed by atoms with Crippen molar-refractivity contribution in [2.75, 3.05) is 27.3 Å². The van der Waals surface area contributed by atoms with Gasteiger partial charge in [0.05, 0.1) is 25.9 Å². The van der Waals surface area contributed by atoms with Gasteiger partial charge in [-0.3, -0.25) is 14.3 Å². The summed E-state index contributed by atoms with van der Waals surface area (Å²) in [7, 11) is 3.59. The molecule has 0 unspecified atom stereocenters. The van der Waals surface area contributed by atoms with Crippen LogP contribution >= 0.6 is 0 Å². The lowest BCUT2D eigenvalue weighted by Gasteiger charge is -2.12. The zero-order chi connectivity index (χ0) is 16.1. The molecule has 10 nitrogen and oxygen atoms in total. The third-order valence-electron chi connectivity index (χ3n) is 2.73. The summed E-state index contributed by atoms with van der Waals surface area (Å²) in [4.78, 5) is 28.4. The predicted molar refractivity (Wildman–Crippen MR) is 79.0 cm³/mol. The molecule has 0 aliphatic heterocycles. The summed E-state index contributed by atoms with van der Waals surface area (Å²) in [5, 5.41) is 17.9. The number of ether oxygens (including phenoxy) is 1. The summed E-state index contributed by atoms with van der Waals surface area (Å²) >= 11 is 0. The Bertz CT molecular complexity index is 703. The van der Waals surface area contributed by atoms with Crippen LogP contribution in [-0.4, -0.2) is 74.4 Å². The Balaban J connectivity index is 2.30. The molecule has 22 heavy (non-hydrogen) atoms. The van der Waals surface area contributed by atoms with Gasteiger partial charge in [-0.2, -0.15) is 4.98 Å². The van der Waals surface area contributed by atoms with Gasteiger partial charge in [0.15, 0.2) is 11.2 Å². The Morgan fingerprint density at radius 2 is 2.23 bits per heavy atom. The average Bonchev–Trinajstić information content (AvgIpc) is 2.90. The molecule has 0 atom stereocenters. The first-order valence-electron chi connectivity index (χ1n) is 6.54. The van der Waals surface area contributed by atoms with Crippen molar-refractivity contribution in [3.05, 3.63) is 16.7 Å². The third kappa shape index (κ3) is 3.67. The highest BCUT2D eigenvalue weighted by molar-refractivity contribution is 5.71. The second kappa shape index (κ2) is 7.11. The monoisotopic (exact) mass is 310 g/mol. The van der Waals surface area contributed by atoms with Gasteiger partial charge in [0.2, 0.25) is 5.95 Å². The number of H-pyrrole nitrogens is 1. The van der Waals surface area contributed by atoms with Crippen LogP contribution in [0.25, 0.3) is 11.2 Å². The number of rotatable bonds is 7. The minimum atomic E-state index is -0.703. The molecule has 0 saturated carbocycles. The molecule has 3 N–H and O–H groups in total. The third-order valence-corrected chi connectivity index (χ3v) is 2.73. The Labute approximate surface area is 125 Å². The van der Waals surface area contributed by atoms with Gasteiger partial charge in [-0.1, -0.05) is 0 Å². The van der Waals surface area contributed by atoms with Crippen LogP contribution < -0.4 is 5.56 Å². The maximum Gasteiger partial charge on any atom is 0.280 e. The summed E-state index contributed by atoms with van der Waals surface area (Å²) < 4.78 is 6.79. The molecule has 2 heterocycles. The van der Waals surface area contributed by atoms with E-state index < -0.39 is 11.7 Å². The van der Waals surface area contributed by atoms with E-state index in [2.05, 4.69) is 19.9 Å². The number of aliphatic imine (C=N–C) groups is 1. The predicted octanol–water partition coefficient (Wildman–Crippen LogP) is -1.33. The van der Waals surface area contributed by atoms with Crippen LogP contribution in [0.5, 0.6) is 0 Å². The van der Waals surface area contributed by atoms with Gasteiger partial charge in [0.25, 0.3) is 5.56 Å². The molecular formula is C12H18N6O4. The number of aromatic amines is 1. The lowest BCUT2D eigenvalue weighted by molar-refractivity contribution is -0.0488. The molecule has 0 saturated heterocycles.